The first-order valence-electron chi connectivity index (χ1n) is 5.61. The summed E-state index contributed by atoms with van der Waals surface area (Å²) in [5.74, 6) is 0. The number of rotatable bonds is 7. The lowest BCUT2D eigenvalue weighted by atomic mass is 10.1. The van der Waals surface area contributed by atoms with Crippen molar-refractivity contribution in [2.45, 2.75) is 69.8 Å². The van der Waals surface area contributed by atoms with Crippen LogP contribution in [0.25, 0.3) is 0 Å². The highest BCUT2D eigenvalue weighted by Crippen LogP contribution is 2.32. The van der Waals surface area contributed by atoms with E-state index in [4.69, 9.17) is 0 Å². The minimum absolute atomic E-state index is 0.278. The molecule has 0 saturated carbocycles. The fourth-order valence-corrected chi connectivity index (χ4v) is 2.91. The van der Waals surface area contributed by atoms with Crippen molar-refractivity contribution >= 4 is 18.0 Å². The van der Waals surface area contributed by atoms with E-state index in [1.807, 2.05) is 11.8 Å². The molecule has 0 N–H and O–H groups in total. The second-order valence-electron chi connectivity index (χ2n) is 4.75. The van der Waals surface area contributed by atoms with Gasteiger partial charge in [-0.25, -0.2) is 0 Å². The molecule has 0 aromatic heterocycles. The van der Waals surface area contributed by atoms with E-state index in [2.05, 4.69) is 27.7 Å². The van der Waals surface area contributed by atoms with Gasteiger partial charge >= 0.3 is 0 Å². The normalized spacial score (nSPS) is 14.0. The van der Waals surface area contributed by atoms with Crippen molar-refractivity contribution in [1.82, 2.24) is 0 Å². The van der Waals surface area contributed by atoms with E-state index in [0.29, 0.717) is 11.7 Å². The lowest BCUT2D eigenvalue weighted by Crippen LogP contribution is -2.16. The highest BCUT2D eigenvalue weighted by atomic mass is 32.2. The van der Waals surface area contributed by atoms with Gasteiger partial charge in [0, 0.05) is 16.4 Å². The number of unbranched alkanes of at least 4 members (excludes halogenated alkanes) is 2. The van der Waals surface area contributed by atoms with Crippen LogP contribution in [0.15, 0.2) is 0 Å². The molecule has 2 heteroatoms. The van der Waals surface area contributed by atoms with E-state index in [0.717, 1.165) is 6.29 Å². The summed E-state index contributed by atoms with van der Waals surface area (Å²) in [6, 6.07) is 0. The van der Waals surface area contributed by atoms with E-state index in [9.17, 15) is 4.79 Å². The Bertz CT molecular complexity index is 149. The van der Waals surface area contributed by atoms with Gasteiger partial charge in [-0.1, -0.05) is 47.0 Å². The SMILES string of the molecule is CCCCCC(CC=O)SC(C)(C)C. The summed E-state index contributed by atoms with van der Waals surface area (Å²) in [6.45, 7) is 8.87. The van der Waals surface area contributed by atoms with Crippen molar-refractivity contribution in [2.75, 3.05) is 0 Å². The second-order valence-corrected chi connectivity index (χ2v) is 6.88. The summed E-state index contributed by atoms with van der Waals surface area (Å²) in [7, 11) is 0. The van der Waals surface area contributed by atoms with E-state index >= 15 is 0 Å². The predicted octanol–water partition coefficient (Wildman–Crippen LogP) is 4.06. The van der Waals surface area contributed by atoms with Gasteiger partial charge in [-0.15, -0.1) is 0 Å². The van der Waals surface area contributed by atoms with Gasteiger partial charge in [0.2, 0.25) is 0 Å². The topological polar surface area (TPSA) is 17.1 Å². The lowest BCUT2D eigenvalue weighted by molar-refractivity contribution is -0.107. The van der Waals surface area contributed by atoms with Crippen LogP contribution in [0.1, 0.15) is 59.8 Å². The largest absolute Gasteiger partial charge is 0.303 e. The van der Waals surface area contributed by atoms with Gasteiger partial charge < -0.3 is 4.79 Å². The van der Waals surface area contributed by atoms with E-state index in [1.165, 1.54) is 25.7 Å². The summed E-state index contributed by atoms with van der Waals surface area (Å²) in [5.41, 5.74) is 0. The highest BCUT2D eigenvalue weighted by Gasteiger charge is 2.18. The van der Waals surface area contributed by atoms with Crippen molar-refractivity contribution in [3.8, 4) is 0 Å². The average molecular weight is 216 g/mol. The Kier molecular flexibility index (Phi) is 7.34. The van der Waals surface area contributed by atoms with Crippen LogP contribution >= 0.6 is 11.8 Å². The molecule has 0 aliphatic rings. The van der Waals surface area contributed by atoms with Crippen LogP contribution in [0.4, 0.5) is 0 Å². The van der Waals surface area contributed by atoms with Crippen LogP contribution in [0.3, 0.4) is 0 Å². The maximum absolute atomic E-state index is 10.5. The summed E-state index contributed by atoms with van der Waals surface area (Å²) in [5, 5.41) is 0.527. The molecule has 0 aliphatic heterocycles. The maximum Gasteiger partial charge on any atom is 0.121 e. The van der Waals surface area contributed by atoms with Crippen molar-refractivity contribution in [2.24, 2.45) is 0 Å². The Morgan fingerprint density at radius 3 is 2.36 bits per heavy atom. The Morgan fingerprint density at radius 1 is 1.29 bits per heavy atom. The van der Waals surface area contributed by atoms with Crippen LogP contribution < -0.4 is 0 Å². The first-order chi connectivity index (χ1) is 6.49. The molecule has 0 bridgehead atoms. The van der Waals surface area contributed by atoms with Crippen LogP contribution in [-0.2, 0) is 4.79 Å². The van der Waals surface area contributed by atoms with Gasteiger partial charge in [-0.3, -0.25) is 0 Å². The summed E-state index contributed by atoms with van der Waals surface area (Å²) in [4.78, 5) is 10.5. The zero-order chi connectivity index (χ0) is 11.0. The third kappa shape index (κ3) is 8.61. The molecule has 1 unspecified atom stereocenters. The fraction of sp³-hybridized carbons (Fsp3) is 0.917. The average Bonchev–Trinajstić information content (AvgIpc) is 2.02. The predicted molar refractivity (Wildman–Crippen MR) is 66.0 cm³/mol. The number of carbonyl (C=O) groups excluding carboxylic acids is 1. The first kappa shape index (κ1) is 14.0. The molecule has 0 aliphatic carbocycles. The van der Waals surface area contributed by atoms with Gasteiger partial charge in [0.15, 0.2) is 0 Å². The Balaban J connectivity index is 3.83. The Labute approximate surface area is 93.0 Å². The summed E-state index contributed by atoms with van der Waals surface area (Å²) in [6.07, 6.45) is 6.78. The third-order valence-corrected chi connectivity index (χ3v) is 3.48. The van der Waals surface area contributed by atoms with Gasteiger partial charge in [0.25, 0.3) is 0 Å². The first-order valence-corrected chi connectivity index (χ1v) is 6.49. The van der Waals surface area contributed by atoms with Crippen molar-refractivity contribution in [3.05, 3.63) is 0 Å². The highest BCUT2D eigenvalue weighted by molar-refractivity contribution is 8.01. The fourth-order valence-electron chi connectivity index (χ4n) is 1.45. The number of thioether (sulfide) groups is 1. The van der Waals surface area contributed by atoms with Gasteiger partial charge in [0.1, 0.15) is 6.29 Å². The second kappa shape index (κ2) is 7.33. The maximum atomic E-state index is 10.5. The minimum Gasteiger partial charge on any atom is -0.303 e. The molecule has 0 rings (SSSR count). The van der Waals surface area contributed by atoms with Gasteiger partial charge in [0.05, 0.1) is 0 Å². The standard InChI is InChI=1S/C12H24OS/c1-5-6-7-8-11(9-10-13)14-12(2,3)4/h10-11H,5-9H2,1-4H3. The minimum atomic E-state index is 0.278. The molecule has 0 amide bonds. The molecule has 84 valence electrons. The zero-order valence-corrected chi connectivity index (χ0v) is 10.8. The van der Waals surface area contributed by atoms with E-state index < -0.39 is 0 Å². The van der Waals surface area contributed by atoms with E-state index in [-0.39, 0.29) is 4.75 Å². The molecule has 0 aromatic carbocycles. The summed E-state index contributed by atoms with van der Waals surface area (Å²) >= 11 is 1.95. The van der Waals surface area contributed by atoms with Crippen LogP contribution in [0.5, 0.6) is 0 Å². The van der Waals surface area contributed by atoms with Crippen LogP contribution in [0.2, 0.25) is 0 Å². The molecule has 0 heterocycles. The number of aldehydes is 1. The Morgan fingerprint density at radius 2 is 1.93 bits per heavy atom. The Hall–Kier alpha value is 0.0200. The van der Waals surface area contributed by atoms with Gasteiger partial charge in [-0.05, 0) is 6.42 Å². The molecular formula is C12H24OS. The molecule has 0 aromatic rings. The quantitative estimate of drug-likeness (QED) is 0.471. The molecule has 14 heavy (non-hydrogen) atoms. The van der Waals surface area contributed by atoms with Crippen molar-refractivity contribution < 1.29 is 4.79 Å². The molecule has 0 radical (unpaired) electrons. The molecule has 1 atom stereocenters. The van der Waals surface area contributed by atoms with Crippen molar-refractivity contribution in [1.29, 1.82) is 0 Å². The van der Waals surface area contributed by atoms with Crippen molar-refractivity contribution in [3.63, 3.8) is 0 Å². The van der Waals surface area contributed by atoms with Gasteiger partial charge in [-0.2, -0.15) is 11.8 Å². The molecule has 0 saturated heterocycles. The van der Waals surface area contributed by atoms with E-state index in [1.54, 1.807) is 0 Å². The molecular weight excluding hydrogens is 192 g/mol. The third-order valence-electron chi connectivity index (χ3n) is 2.01. The zero-order valence-electron chi connectivity index (χ0n) is 10.0. The monoisotopic (exact) mass is 216 g/mol. The summed E-state index contributed by atoms with van der Waals surface area (Å²) < 4.78 is 0.278. The number of carbonyl (C=O) groups is 1. The molecule has 0 fully saturated rings. The number of hydrogen-bond acceptors (Lipinski definition) is 2. The molecule has 0 spiro atoms. The lowest BCUT2D eigenvalue weighted by Gasteiger charge is -2.24. The number of hydrogen-bond donors (Lipinski definition) is 0. The van der Waals surface area contributed by atoms with Crippen LogP contribution in [-0.4, -0.2) is 16.3 Å². The smallest absolute Gasteiger partial charge is 0.121 e. The molecule has 1 nitrogen and oxygen atoms in total. The van der Waals surface area contributed by atoms with Crippen LogP contribution in [0, 0.1) is 0 Å².